The van der Waals surface area contributed by atoms with Crippen molar-refractivity contribution in [1.82, 2.24) is 5.43 Å². The van der Waals surface area contributed by atoms with E-state index in [9.17, 15) is 0 Å². The highest BCUT2D eigenvalue weighted by Gasteiger charge is 2.29. The molecule has 1 unspecified atom stereocenters. The van der Waals surface area contributed by atoms with E-state index < -0.39 is 0 Å². The van der Waals surface area contributed by atoms with E-state index in [1.165, 1.54) is 5.56 Å². The number of ether oxygens (including phenoxy) is 1. The van der Waals surface area contributed by atoms with E-state index in [2.05, 4.69) is 30.5 Å². The van der Waals surface area contributed by atoms with Crippen molar-refractivity contribution in [3.8, 4) is 0 Å². The molecule has 15 heavy (non-hydrogen) atoms. The average molecular weight is 208 g/mol. The highest BCUT2D eigenvalue weighted by atomic mass is 16.5. The number of rotatable bonds is 4. The minimum atomic E-state index is -0.331. The maximum atomic E-state index is 5.59. The number of aryl methyl sites for hydroxylation is 1. The topological polar surface area (TPSA) is 47.3 Å². The van der Waals surface area contributed by atoms with Crippen LogP contribution in [0.25, 0.3) is 0 Å². The van der Waals surface area contributed by atoms with Crippen molar-refractivity contribution in [2.45, 2.75) is 32.4 Å². The second-order valence-electron chi connectivity index (χ2n) is 4.32. The number of hydrogen-bond acceptors (Lipinski definition) is 3. The molecule has 0 aliphatic heterocycles. The summed E-state index contributed by atoms with van der Waals surface area (Å²) < 4.78 is 5.44. The molecule has 0 saturated heterocycles. The normalized spacial score (nSPS) is 13.9. The van der Waals surface area contributed by atoms with Crippen molar-refractivity contribution >= 4 is 0 Å². The zero-order valence-corrected chi connectivity index (χ0v) is 9.87. The lowest BCUT2D eigenvalue weighted by molar-refractivity contribution is -0.0111. The molecule has 0 heterocycles. The highest BCUT2D eigenvalue weighted by molar-refractivity contribution is 5.26. The predicted molar refractivity (Wildman–Crippen MR) is 62.3 cm³/mol. The van der Waals surface area contributed by atoms with E-state index in [1.807, 2.05) is 19.9 Å². The fourth-order valence-corrected chi connectivity index (χ4v) is 1.67. The molecule has 0 aliphatic carbocycles. The molecule has 1 aromatic carbocycles. The van der Waals surface area contributed by atoms with Gasteiger partial charge in [-0.3, -0.25) is 11.3 Å². The third-order valence-electron chi connectivity index (χ3n) is 2.76. The summed E-state index contributed by atoms with van der Waals surface area (Å²) in [7, 11) is 1.69. The minimum absolute atomic E-state index is 0.0117. The molecule has 0 saturated carbocycles. The lowest BCUT2D eigenvalue weighted by Gasteiger charge is -2.33. The van der Waals surface area contributed by atoms with Gasteiger partial charge in [-0.15, -0.1) is 0 Å². The van der Waals surface area contributed by atoms with Gasteiger partial charge in [-0.2, -0.15) is 0 Å². The summed E-state index contributed by atoms with van der Waals surface area (Å²) in [4.78, 5) is 0. The van der Waals surface area contributed by atoms with Gasteiger partial charge in [-0.1, -0.05) is 29.8 Å². The Kier molecular flexibility index (Phi) is 3.85. The van der Waals surface area contributed by atoms with Crippen LogP contribution in [0.4, 0.5) is 0 Å². The first kappa shape index (κ1) is 12.2. The van der Waals surface area contributed by atoms with Gasteiger partial charge >= 0.3 is 0 Å². The average Bonchev–Trinajstić information content (AvgIpc) is 2.18. The maximum absolute atomic E-state index is 5.59. The SMILES string of the molecule is COC(C)(C)C(NN)c1cccc(C)c1. The quantitative estimate of drug-likeness (QED) is 0.587. The van der Waals surface area contributed by atoms with Gasteiger partial charge in [0.05, 0.1) is 11.6 Å². The van der Waals surface area contributed by atoms with Crippen molar-refractivity contribution in [2.24, 2.45) is 5.84 Å². The van der Waals surface area contributed by atoms with Gasteiger partial charge in [0, 0.05) is 7.11 Å². The lowest BCUT2D eigenvalue weighted by atomic mass is 9.91. The number of hydrazine groups is 1. The Morgan fingerprint density at radius 1 is 1.40 bits per heavy atom. The van der Waals surface area contributed by atoms with Crippen LogP contribution in [0, 0.1) is 6.92 Å². The van der Waals surface area contributed by atoms with Gasteiger partial charge < -0.3 is 4.74 Å². The molecule has 1 aromatic rings. The molecule has 0 radical (unpaired) electrons. The van der Waals surface area contributed by atoms with Gasteiger partial charge in [0.25, 0.3) is 0 Å². The molecule has 0 amide bonds. The molecule has 1 rings (SSSR count). The number of hydrogen-bond donors (Lipinski definition) is 2. The Morgan fingerprint density at radius 3 is 2.53 bits per heavy atom. The minimum Gasteiger partial charge on any atom is -0.377 e. The molecule has 1 atom stereocenters. The second kappa shape index (κ2) is 4.75. The summed E-state index contributed by atoms with van der Waals surface area (Å²) in [5.74, 6) is 5.59. The molecule has 0 fully saturated rings. The van der Waals surface area contributed by atoms with E-state index >= 15 is 0 Å². The third kappa shape index (κ3) is 2.78. The van der Waals surface area contributed by atoms with Crippen molar-refractivity contribution < 1.29 is 4.74 Å². The fraction of sp³-hybridized carbons (Fsp3) is 0.500. The van der Waals surface area contributed by atoms with Crippen molar-refractivity contribution in [1.29, 1.82) is 0 Å². The number of methoxy groups -OCH3 is 1. The molecule has 84 valence electrons. The highest BCUT2D eigenvalue weighted by Crippen LogP contribution is 2.27. The van der Waals surface area contributed by atoms with Crippen molar-refractivity contribution in [3.63, 3.8) is 0 Å². The molecular formula is C12H20N2O. The van der Waals surface area contributed by atoms with E-state index in [4.69, 9.17) is 10.6 Å². The van der Waals surface area contributed by atoms with E-state index in [0.29, 0.717) is 0 Å². The van der Waals surface area contributed by atoms with Gasteiger partial charge in [-0.05, 0) is 26.3 Å². The van der Waals surface area contributed by atoms with Crippen LogP contribution >= 0.6 is 0 Å². The van der Waals surface area contributed by atoms with Crippen LogP contribution in [0.5, 0.6) is 0 Å². The Morgan fingerprint density at radius 2 is 2.07 bits per heavy atom. The zero-order chi connectivity index (χ0) is 11.5. The monoisotopic (exact) mass is 208 g/mol. The third-order valence-corrected chi connectivity index (χ3v) is 2.76. The van der Waals surface area contributed by atoms with Crippen LogP contribution in [-0.4, -0.2) is 12.7 Å². The number of nitrogens with two attached hydrogens (primary N) is 1. The largest absolute Gasteiger partial charge is 0.377 e. The number of benzene rings is 1. The van der Waals surface area contributed by atoms with Crippen LogP contribution in [0.3, 0.4) is 0 Å². The van der Waals surface area contributed by atoms with Crippen LogP contribution in [0.1, 0.15) is 31.0 Å². The molecule has 3 nitrogen and oxygen atoms in total. The van der Waals surface area contributed by atoms with Crippen molar-refractivity contribution in [3.05, 3.63) is 35.4 Å². The predicted octanol–water partition coefficient (Wildman–Crippen LogP) is 1.92. The summed E-state index contributed by atoms with van der Waals surface area (Å²) in [6.45, 7) is 6.09. The van der Waals surface area contributed by atoms with Crippen molar-refractivity contribution in [2.75, 3.05) is 7.11 Å². The van der Waals surface area contributed by atoms with Crippen LogP contribution in [0.15, 0.2) is 24.3 Å². The van der Waals surface area contributed by atoms with E-state index in [0.717, 1.165) is 5.56 Å². The molecule has 0 aromatic heterocycles. The van der Waals surface area contributed by atoms with Crippen LogP contribution in [-0.2, 0) is 4.74 Å². The summed E-state index contributed by atoms with van der Waals surface area (Å²) in [6, 6.07) is 8.25. The molecule has 0 aliphatic rings. The summed E-state index contributed by atoms with van der Waals surface area (Å²) in [5.41, 5.74) is 4.85. The molecule has 0 spiro atoms. The summed E-state index contributed by atoms with van der Waals surface area (Å²) >= 11 is 0. The molecule has 3 heteroatoms. The summed E-state index contributed by atoms with van der Waals surface area (Å²) in [6.07, 6.45) is 0. The first-order valence-electron chi connectivity index (χ1n) is 5.09. The van der Waals surface area contributed by atoms with Crippen LogP contribution < -0.4 is 11.3 Å². The fourth-order valence-electron chi connectivity index (χ4n) is 1.67. The Labute approximate surface area is 91.6 Å². The molecule has 3 N–H and O–H groups in total. The smallest absolute Gasteiger partial charge is 0.0829 e. The van der Waals surface area contributed by atoms with Gasteiger partial charge in [0.1, 0.15) is 0 Å². The molecule has 0 bridgehead atoms. The Bertz CT molecular complexity index is 323. The Balaban J connectivity index is 3.02. The number of nitrogens with one attached hydrogen (secondary N) is 1. The second-order valence-corrected chi connectivity index (χ2v) is 4.32. The first-order chi connectivity index (χ1) is 7.01. The first-order valence-corrected chi connectivity index (χ1v) is 5.09. The maximum Gasteiger partial charge on any atom is 0.0829 e. The van der Waals surface area contributed by atoms with E-state index in [1.54, 1.807) is 7.11 Å². The Hall–Kier alpha value is -0.900. The summed E-state index contributed by atoms with van der Waals surface area (Å²) in [5, 5.41) is 0. The van der Waals surface area contributed by atoms with Gasteiger partial charge in [-0.25, -0.2) is 0 Å². The van der Waals surface area contributed by atoms with E-state index in [-0.39, 0.29) is 11.6 Å². The van der Waals surface area contributed by atoms with Crippen LogP contribution in [0.2, 0.25) is 0 Å². The van der Waals surface area contributed by atoms with Gasteiger partial charge in [0.15, 0.2) is 0 Å². The van der Waals surface area contributed by atoms with Gasteiger partial charge in [0.2, 0.25) is 0 Å². The zero-order valence-electron chi connectivity index (χ0n) is 9.87. The standard InChI is InChI=1S/C12H20N2O/c1-9-6-5-7-10(8-9)11(14-13)12(2,3)15-4/h5-8,11,14H,13H2,1-4H3. The lowest BCUT2D eigenvalue weighted by Crippen LogP contribution is -2.43. The molecular weight excluding hydrogens is 188 g/mol.